The van der Waals surface area contributed by atoms with E-state index in [9.17, 15) is 9.59 Å². The van der Waals surface area contributed by atoms with Crippen LogP contribution in [0.5, 0.6) is 0 Å². The summed E-state index contributed by atoms with van der Waals surface area (Å²) in [5, 5.41) is 0. The molecule has 0 spiro atoms. The Bertz CT molecular complexity index is 348. The predicted molar refractivity (Wildman–Crippen MR) is 75.0 cm³/mol. The number of hydrogen-bond acceptors (Lipinski definition) is 4. The van der Waals surface area contributed by atoms with Crippen molar-refractivity contribution in [2.45, 2.75) is 44.8 Å². The summed E-state index contributed by atoms with van der Waals surface area (Å²) >= 11 is 0. The molecule has 2 amide bonds. The second-order valence-corrected chi connectivity index (χ2v) is 5.55. The van der Waals surface area contributed by atoms with Gasteiger partial charge < -0.3 is 20.3 Å². The largest absolute Gasteiger partial charge is 0.368 e. The smallest absolute Gasteiger partial charge is 0.251 e. The van der Waals surface area contributed by atoms with E-state index in [0.29, 0.717) is 39.2 Å². The van der Waals surface area contributed by atoms with Gasteiger partial charge in [0, 0.05) is 32.8 Å². The zero-order valence-electron chi connectivity index (χ0n) is 12.2. The molecule has 1 unspecified atom stereocenters. The molecule has 114 valence electrons. The normalized spacial score (nSPS) is 24.8. The number of carbonyl (C=O) groups excluding carboxylic acids is 2. The molecule has 0 aromatic carbocycles. The van der Waals surface area contributed by atoms with Gasteiger partial charge in [-0.15, -0.1) is 0 Å². The van der Waals surface area contributed by atoms with E-state index >= 15 is 0 Å². The molecule has 0 aromatic rings. The Morgan fingerprint density at radius 2 is 1.90 bits per heavy atom. The van der Waals surface area contributed by atoms with Crippen LogP contribution in [0.3, 0.4) is 0 Å². The van der Waals surface area contributed by atoms with Gasteiger partial charge in [-0.05, 0) is 19.3 Å². The van der Waals surface area contributed by atoms with Crippen LogP contribution in [-0.2, 0) is 14.3 Å². The molecule has 0 bridgehead atoms. The second-order valence-electron chi connectivity index (χ2n) is 5.55. The first-order valence-corrected chi connectivity index (χ1v) is 7.58. The fraction of sp³-hybridized carbons (Fsp3) is 0.857. The second kappa shape index (κ2) is 7.04. The maximum Gasteiger partial charge on any atom is 0.251 e. The number of hydrogen-bond donors (Lipinski definition) is 1. The lowest BCUT2D eigenvalue weighted by Gasteiger charge is -2.36. The van der Waals surface area contributed by atoms with E-state index in [1.54, 1.807) is 4.90 Å². The van der Waals surface area contributed by atoms with Crippen molar-refractivity contribution < 1.29 is 14.3 Å². The van der Waals surface area contributed by atoms with Crippen LogP contribution in [0.4, 0.5) is 0 Å². The molecule has 0 aliphatic carbocycles. The minimum atomic E-state index is -0.402. The van der Waals surface area contributed by atoms with E-state index in [-0.39, 0.29) is 17.9 Å². The van der Waals surface area contributed by atoms with Gasteiger partial charge in [-0.2, -0.15) is 0 Å². The molecule has 6 heteroatoms. The maximum atomic E-state index is 12.2. The Morgan fingerprint density at radius 1 is 1.25 bits per heavy atom. The number of carbonyl (C=O) groups is 2. The first kappa shape index (κ1) is 15.3. The van der Waals surface area contributed by atoms with E-state index in [4.69, 9.17) is 10.5 Å². The molecule has 0 radical (unpaired) electrons. The minimum Gasteiger partial charge on any atom is -0.368 e. The highest BCUT2D eigenvalue weighted by Gasteiger charge is 2.32. The molecule has 0 saturated carbocycles. The highest BCUT2D eigenvalue weighted by atomic mass is 16.5. The molecule has 2 fully saturated rings. The van der Waals surface area contributed by atoms with Gasteiger partial charge >= 0.3 is 0 Å². The fourth-order valence-corrected chi connectivity index (χ4v) is 2.79. The minimum absolute atomic E-state index is 0.0102. The van der Waals surface area contributed by atoms with E-state index in [2.05, 4.69) is 0 Å². The van der Waals surface area contributed by atoms with Gasteiger partial charge in [0.25, 0.3) is 5.91 Å². The summed E-state index contributed by atoms with van der Waals surface area (Å²) in [6.07, 6.45) is 3.14. The van der Waals surface area contributed by atoms with Crippen LogP contribution in [0.1, 0.15) is 32.6 Å². The van der Waals surface area contributed by atoms with E-state index in [1.807, 2.05) is 11.8 Å². The zero-order chi connectivity index (χ0) is 14.5. The quantitative estimate of drug-likeness (QED) is 0.786. The molecular formula is C14H25N3O3. The highest BCUT2D eigenvalue weighted by molar-refractivity contribution is 5.83. The zero-order valence-corrected chi connectivity index (χ0v) is 12.2. The average molecular weight is 283 g/mol. The Morgan fingerprint density at radius 3 is 2.45 bits per heavy atom. The maximum absolute atomic E-state index is 12.2. The number of nitrogens with two attached hydrogens (primary N) is 1. The van der Waals surface area contributed by atoms with Crippen molar-refractivity contribution in [2.75, 3.05) is 32.8 Å². The summed E-state index contributed by atoms with van der Waals surface area (Å²) in [6.45, 7) is 5.03. The van der Waals surface area contributed by atoms with E-state index in [1.165, 1.54) is 0 Å². The molecule has 2 heterocycles. The third-order valence-electron chi connectivity index (χ3n) is 4.03. The Balaban J connectivity index is 1.79. The number of piperazine rings is 1. The molecule has 2 atom stereocenters. The van der Waals surface area contributed by atoms with Gasteiger partial charge in [0.2, 0.25) is 5.91 Å². The molecule has 0 aromatic heterocycles. The van der Waals surface area contributed by atoms with Crippen molar-refractivity contribution in [3.63, 3.8) is 0 Å². The first-order chi connectivity index (χ1) is 9.63. The van der Waals surface area contributed by atoms with E-state index < -0.39 is 6.04 Å². The lowest BCUT2D eigenvalue weighted by Crippen LogP contribution is -2.55. The van der Waals surface area contributed by atoms with Crippen LogP contribution in [0, 0.1) is 0 Å². The standard InChI is InChI=1S/C14H25N3O3/c1-2-4-11(15)13(18)16-6-8-17(9-7-16)14(19)12-5-3-10-20-12/h11-12H,2-10,15H2,1H3/t11-,12?/m1/s1. The molecule has 2 rings (SSSR count). The van der Waals surface area contributed by atoms with Crippen LogP contribution in [0.15, 0.2) is 0 Å². The van der Waals surface area contributed by atoms with Gasteiger partial charge in [-0.3, -0.25) is 9.59 Å². The summed E-state index contributed by atoms with van der Waals surface area (Å²) in [5.41, 5.74) is 5.86. The Hall–Kier alpha value is -1.14. The SMILES string of the molecule is CCC[C@@H](N)C(=O)N1CCN(C(=O)C2CCCO2)CC1. The van der Waals surface area contributed by atoms with Crippen LogP contribution >= 0.6 is 0 Å². The van der Waals surface area contributed by atoms with Crippen LogP contribution < -0.4 is 5.73 Å². The number of ether oxygens (including phenoxy) is 1. The van der Waals surface area contributed by atoms with Gasteiger partial charge in [0.1, 0.15) is 6.10 Å². The highest BCUT2D eigenvalue weighted by Crippen LogP contribution is 2.16. The molecule has 2 aliphatic heterocycles. The van der Waals surface area contributed by atoms with Crippen LogP contribution in [0.25, 0.3) is 0 Å². The van der Waals surface area contributed by atoms with Gasteiger partial charge in [-0.1, -0.05) is 13.3 Å². The summed E-state index contributed by atoms with van der Waals surface area (Å²) in [6, 6.07) is -0.402. The summed E-state index contributed by atoms with van der Waals surface area (Å²) in [7, 11) is 0. The molecular weight excluding hydrogens is 258 g/mol. The van der Waals surface area contributed by atoms with Crippen molar-refractivity contribution in [3.8, 4) is 0 Å². The number of amides is 2. The van der Waals surface area contributed by atoms with Gasteiger partial charge in [-0.25, -0.2) is 0 Å². The average Bonchev–Trinajstić information content (AvgIpc) is 3.00. The molecule has 2 N–H and O–H groups in total. The molecule has 2 aliphatic rings. The molecule has 6 nitrogen and oxygen atoms in total. The van der Waals surface area contributed by atoms with Crippen molar-refractivity contribution in [1.82, 2.24) is 9.80 Å². The monoisotopic (exact) mass is 283 g/mol. The first-order valence-electron chi connectivity index (χ1n) is 7.58. The molecule has 2 saturated heterocycles. The summed E-state index contributed by atoms with van der Waals surface area (Å²) in [5.74, 6) is 0.0866. The fourth-order valence-electron chi connectivity index (χ4n) is 2.79. The number of nitrogens with zero attached hydrogens (tertiary/aromatic N) is 2. The van der Waals surface area contributed by atoms with Crippen LogP contribution in [-0.4, -0.2) is 66.5 Å². The summed E-state index contributed by atoms with van der Waals surface area (Å²) in [4.78, 5) is 27.9. The lowest BCUT2D eigenvalue weighted by molar-refractivity contribution is -0.146. The van der Waals surface area contributed by atoms with E-state index in [0.717, 1.165) is 19.3 Å². The van der Waals surface area contributed by atoms with Gasteiger partial charge in [0.05, 0.1) is 6.04 Å². The van der Waals surface area contributed by atoms with Crippen molar-refractivity contribution in [1.29, 1.82) is 0 Å². The topological polar surface area (TPSA) is 75.9 Å². The lowest BCUT2D eigenvalue weighted by atomic mass is 10.1. The third kappa shape index (κ3) is 3.49. The van der Waals surface area contributed by atoms with Crippen LogP contribution in [0.2, 0.25) is 0 Å². The van der Waals surface area contributed by atoms with Crippen molar-refractivity contribution in [3.05, 3.63) is 0 Å². The summed E-state index contributed by atoms with van der Waals surface area (Å²) < 4.78 is 5.42. The Kier molecular flexibility index (Phi) is 5.37. The number of rotatable bonds is 4. The third-order valence-corrected chi connectivity index (χ3v) is 4.03. The predicted octanol–water partition coefficient (Wildman–Crippen LogP) is -0.0364. The molecule has 20 heavy (non-hydrogen) atoms. The van der Waals surface area contributed by atoms with Crippen molar-refractivity contribution >= 4 is 11.8 Å². The van der Waals surface area contributed by atoms with Crippen molar-refractivity contribution in [2.24, 2.45) is 5.73 Å². The van der Waals surface area contributed by atoms with Gasteiger partial charge in [0.15, 0.2) is 0 Å². The Labute approximate surface area is 120 Å².